The van der Waals surface area contributed by atoms with E-state index in [0.29, 0.717) is 29.8 Å². The lowest BCUT2D eigenvalue weighted by Gasteiger charge is -2.41. The first-order chi connectivity index (χ1) is 12.6. The molecule has 0 N–H and O–H groups in total. The number of nitrogens with zero attached hydrogens (tertiary/aromatic N) is 3. The zero-order valence-electron chi connectivity index (χ0n) is 16.4. The number of amides is 2. The van der Waals surface area contributed by atoms with E-state index < -0.39 is 0 Å². The van der Waals surface area contributed by atoms with Crippen molar-refractivity contribution in [1.82, 2.24) is 14.7 Å². The van der Waals surface area contributed by atoms with Gasteiger partial charge in [0.2, 0.25) is 11.8 Å². The Labute approximate surface area is 158 Å². The highest BCUT2D eigenvalue weighted by Crippen LogP contribution is 2.35. The molecule has 5 heteroatoms. The van der Waals surface area contributed by atoms with Crippen LogP contribution in [-0.2, 0) is 9.59 Å². The number of hydrogen-bond acceptors (Lipinski definition) is 3. The van der Waals surface area contributed by atoms with Crippen molar-refractivity contribution < 1.29 is 9.59 Å². The molecule has 0 bridgehead atoms. The molecule has 2 amide bonds. The summed E-state index contributed by atoms with van der Waals surface area (Å²) in [6.07, 6.45) is 10.7. The van der Waals surface area contributed by atoms with E-state index >= 15 is 0 Å². The summed E-state index contributed by atoms with van der Waals surface area (Å²) >= 11 is 0. The second-order valence-electron chi connectivity index (χ2n) is 9.02. The van der Waals surface area contributed by atoms with Crippen molar-refractivity contribution in [3.8, 4) is 0 Å². The van der Waals surface area contributed by atoms with E-state index in [2.05, 4.69) is 9.80 Å². The Balaban J connectivity index is 1.41. The Morgan fingerprint density at radius 1 is 0.769 bits per heavy atom. The summed E-state index contributed by atoms with van der Waals surface area (Å²) in [6, 6.07) is 1.15. The van der Waals surface area contributed by atoms with Gasteiger partial charge in [0.1, 0.15) is 0 Å². The molecule has 0 aromatic carbocycles. The van der Waals surface area contributed by atoms with Crippen LogP contribution in [0.15, 0.2) is 0 Å². The predicted octanol–water partition coefficient (Wildman–Crippen LogP) is 2.50. The van der Waals surface area contributed by atoms with Crippen molar-refractivity contribution in [2.45, 2.75) is 76.8 Å². The minimum atomic E-state index is 0.214. The molecule has 4 aliphatic rings. The molecule has 146 valence electrons. The summed E-state index contributed by atoms with van der Waals surface area (Å²) in [4.78, 5) is 31.5. The lowest BCUT2D eigenvalue weighted by molar-refractivity contribution is -0.135. The van der Waals surface area contributed by atoms with Gasteiger partial charge in [0, 0.05) is 51.1 Å². The monoisotopic (exact) mass is 361 g/mol. The van der Waals surface area contributed by atoms with Gasteiger partial charge >= 0.3 is 0 Å². The fraction of sp³-hybridized carbons (Fsp3) is 0.905. The van der Waals surface area contributed by atoms with Gasteiger partial charge in [-0.05, 0) is 51.0 Å². The van der Waals surface area contributed by atoms with Crippen LogP contribution in [0.5, 0.6) is 0 Å². The van der Waals surface area contributed by atoms with E-state index in [1.54, 1.807) is 6.92 Å². The standard InChI is InChI=1S/C21H35N3O2/c1-16(25)22-12-9-19(10-13-22)24-11-5-4-8-18-14-23(15-20(18)24)21(26)17-6-2-3-7-17/h17-20H,2-15H2,1H3/t18-,20+/m0/s1. The van der Waals surface area contributed by atoms with Gasteiger partial charge in [0.15, 0.2) is 0 Å². The van der Waals surface area contributed by atoms with Crippen molar-refractivity contribution in [3.63, 3.8) is 0 Å². The quantitative estimate of drug-likeness (QED) is 0.759. The number of rotatable bonds is 2. The Bertz CT molecular complexity index is 523. The Morgan fingerprint density at radius 2 is 1.46 bits per heavy atom. The fourth-order valence-corrected chi connectivity index (χ4v) is 5.96. The molecule has 0 radical (unpaired) electrons. The third-order valence-corrected chi connectivity index (χ3v) is 7.47. The third-order valence-electron chi connectivity index (χ3n) is 7.47. The number of piperidine rings is 1. The second kappa shape index (κ2) is 7.87. The highest BCUT2D eigenvalue weighted by Gasteiger charge is 2.43. The van der Waals surface area contributed by atoms with Crippen LogP contribution >= 0.6 is 0 Å². The highest BCUT2D eigenvalue weighted by atomic mass is 16.2. The molecule has 3 saturated heterocycles. The van der Waals surface area contributed by atoms with Crippen LogP contribution in [-0.4, -0.2) is 71.3 Å². The maximum Gasteiger partial charge on any atom is 0.225 e. The van der Waals surface area contributed by atoms with E-state index in [0.717, 1.165) is 51.9 Å². The Morgan fingerprint density at radius 3 is 2.15 bits per heavy atom. The van der Waals surface area contributed by atoms with E-state index in [4.69, 9.17) is 0 Å². The molecule has 2 atom stereocenters. The van der Waals surface area contributed by atoms with Gasteiger partial charge in [-0.15, -0.1) is 0 Å². The maximum absolute atomic E-state index is 12.9. The Kier molecular flexibility index (Phi) is 5.53. The summed E-state index contributed by atoms with van der Waals surface area (Å²) < 4.78 is 0. The van der Waals surface area contributed by atoms with Gasteiger partial charge in [0.05, 0.1) is 0 Å². The summed E-state index contributed by atoms with van der Waals surface area (Å²) in [7, 11) is 0. The third kappa shape index (κ3) is 3.64. The van der Waals surface area contributed by atoms with Gasteiger partial charge in [-0.1, -0.05) is 19.3 Å². The molecule has 0 unspecified atom stereocenters. The van der Waals surface area contributed by atoms with Gasteiger partial charge in [-0.2, -0.15) is 0 Å². The van der Waals surface area contributed by atoms with Crippen molar-refractivity contribution in [3.05, 3.63) is 0 Å². The normalized spacial score (nSPS) is 31.9. The lowest BCUT2D eigenvalue weighted by Crippen LogP contribution is -2.52. The second-order valence-corrected chi connectivity index (χ2v) is 9.02. The number of hydrogen-bond donors (Lipinski definition) is 0. The average molecular weight is 362 g/mol. The average Bonchev–Trinajstić information content (AvgIpc) is 3.28. The SMILES string of the molecule is CC(=O)N1CCC(N2CCCC[C@H]3CN(C(=O)C4CCCC4)C[C@H]32)CC1. The summed E-state index contributed by atoms with van der Waals surface area (Å²) in [6.45, 7) is 6.61. The smallest absolute Gasteiger partial charge is 0.225 e. The minimum Gasteiger partial charge on any atom is -0.343 e. The first-order valence-corrected chi connectivity index (χ1v) is 10.9. The number of carbonyl (C=O) groups excluding carboxylic acids is 2. The van der Waals surface area contributed by atoms with E-state index in [1.807, 2.05) is 4.90 Å². The topological polar surface area (TPSA) is 43.9 Å². The van der Waals surface area contributed by atoms with Gasteiger partial charge in [0.25, 0.3) is 0 Å². The van der Waals surface area contributed by atoms with Gasteiger partial charge in [-0.25, -0.2) is 0 Å². The van der Waals surface area contributed by atoms with E-state index in [9.17, 15) is 9.59 Å². The van der Waals surface area contributed by atoms with Crippen LogP contribution in [0.1, 0.15) is 64.7 Å². The summed E-state index contributed by atoms with van der Waals surface area (Å²) in [5, 5.41) is 0. The van der Waals surface area contributed by atoms with Crippen LogP contribution in [0.4, 0.5) is 0 Å². The largest absolute Gasteiger partial charge is 0.343 e. The minimum absolute atomic E-state index is 0.214. The molecule has 5 nitrogen and oxygen atoms in total. The molecule has 26 heavy (non-hydrogen) atoms. The number of carbonyl (C=O) groups is 2. The lowest BCUT2D eigenvalue weighted by atomic mass is 9.95. The Hall–Kier alpha value is -1.10. The summed E-state index contributed by atoms with van der Waals surface area (Å²) in [5.74, 6) is 1.63. The van der Waals surface area contributed by atoms with E-state index in [-0.39, 0.29) is 5.91 Å². The molecule has 3 aliphatic heterocycles. The molecule has 0 spiro atoms. The van der Waals surface area contributed by atoms with Crippen LogP contribution in [0.25, 0.3) is 0 Å². The highest BCUT2D eigenvalue weighted by molar-refractivity contribution is 5.79. The van der Waals surface area contributed by atoms with Crippen molar-refractivity contribution in [1.29, 1.82) is 0 Å². The van der Waals surface area contributed by atoms with Gasteiger partial charge in [-0.3, -0.25) is 14.5 Å². The number of likely N-dealkylation sites (tertiary alicyclic amines) is 3. The molecular formula is C21H35N3O2. The molecular weight excluding hydrogens is 326 g/mol. The first-order valence-electron chi connectivity index (χ1n) is 10.9. The molecule has 3 heterocycles. The zero-order valence-corrected chi connectivity index (χ0v) is 16.4. The molecule has 0 aromatic heterocycles. The van der Waals surface area contributed by atoms with Crippen molar-refractivity contribution in [2.75, 3.05) is 32.7 Å². The fourth-order valence-electron chi connectivity index (χ4n) is 5.96. The number of fused-ring (bicyclic) bond motifs is 1. The molecule has 1 saturated carbocycles. The van der Waals surface area contributed by atoms with Gasteiger partial charge < -0.3 is 9.80 Å². The first kappa shape index (κ1) is 18.3. The molecule has 4 fully saturated rings. The van der Waals surface area contributed by atoms with E-state index in [1.165, 1.54) is 38.6 Å². The molecule has 1 aliphatic carbocycles. The molecule has 4 rings (SSSR count). The van der Waals surface area contributed by atoms with Crippen LogP contribution in [0.3, 0.4) is 0 Å². The summed E-state index contributed by atoms with van der Waals surface area (Å²) in [5.41, 5.74) is 0. The predicted molar refractivity (Wildman–Crippen MR) is 102 cm³/mol. The van der Waals surface area contributed by atoms with Crippen molar-refractivity contribution in [2.24, 2.45) is 11.8 Å². The van der Waals surface area contributed by atoms with Crippen LogP contribution in [0, 0.1) is 11.8 Å². The maximum atomic E-state index is 12.9. The van der Waals surface area contributed by atoms with Crippen molar-refractivity contribution >= 4 is 11.8 Å². The zero-order chi connectivity index (χ0) is 18.1. The van der Waals surface area contributed by atoms with Crippen LogP contribution < -0.4 is 0 Å². The molecule has 0 aromatic rings. The van der Waals surface area contributed by atoms with Crippen LogP contribution in [0.2, 0.25) is 0 Å².